The predicted molar refractivity (Wildman–Crippen MR) is 76.7 cm³/mol. The summed E-state index contributed by atoms with van der Waals surface area (Å²) >= 11 is 0. The lowest BCUT2D eigenvalue weighted by Gasteiger charge is -2.14. The van der Waals surface area contributed by atoms with Crippen molar-refractivity contribution in [2.75, 3.05) is 6.61 Å². The van der Waals surface area contributed by atoms with Crippen LogP contribution in [0.25, 0.3) is 11.1 Å². The molecule has 0 aromatic heterocycles. The Morgan fingerprint density at radius 3 is 2.74 bits per heavy atom. The van der Waals surface area contributed by atoms with Crippen molar-refractivity contribution in [1.82, 2.24) is 0 Å². The summed E-state index contributed by atoms with van der Waals surface area (Å²) in [7, 11) is 0. The van der Waals surface area contributed by atoms with Gasteiger partial charge in [0.15, 0.2) is 0 Å². The van der Waals surface area contributed by atoms with Crippen molar-refractivity contribution in [1.29, 1.82) is 0 Å². The van der Waals surface area contributed by atoms with Crippen molar-refractivity contribution in [3.8, 4) is 22.6 Å². The molecule has 0 atom stereocenters. The quantitative estimate of drug-likeness (QED) is 0.898. The summed E-state index contributed by atoms with van der Waals surface area (Å²) in [6.45, 7) is 2.83. The first-order chi connectivity index (χ1) is 9.31. The van der Waals surface area contributed by atoms with Crippen LogP contribution in [-0.2, 0) is 12.8 Å². The number of aryl methyl sites for hydroxylation is 1. The van der Waals surface area contributed by atoms with Gasteiger partial charge in [-0.15, -0.1) is 0 Å². The van der Waals surface area contributed by atoms with E-state index in [0.29, 0.717) is 12.4 Å². The molecule has 2 heteroatoms. The van der Waals surface area contributed by atoms with Crippen LogP contribution < -0.4 is 4.74 Å². The standard InChI is InChI=1S/C17H18O2/c1-2-6-13-11-15-14(9-10-19-15)16(17(13)18)12-7-4-3-5-8-12/h3-5,7-8,11,18H,2,6,9-10H2,1H3. The first-order valence-electron chi connectivity index (χ1n) is 6.87. The molecule has 0 aliphatic carbocycles. The molecule has 0 bridgehead atoms. The topological polar surface area (TPSA) is 29.5 Å². The maximum absolute atomic E-state index is 10.6. The number of rotatable bonds is 3. The number of ether oxygens (including phenoxy) is 1. The Balaban J connectivity index is 2.22. The van der Waals surface area contributed by atoms with Crippen LogP contribution >= 0.6 is 0 Å². The van der Waals surface area contributed by atoms with Gasteiger partial charge in [0.05, 0.1) is 6.61 Å². The van der Waals surface area contributed by atoms with E-state index >= 15 is 0 Å². The second-order valence-electron chi connectivity index (χ2n) is 4.95. The highest BCUT2D eigenvalue weighted by Crippen LogP contribution is 2.43. The minimum atomic E-state index is 0.428. The van der Waals surface area contributed by atoms with E-state index in [1.54, 1.807) is 0 Å². The number of aromatic hydroxyl groups is 1. The van der Waals surface area contributed by atoms with Gasteiger partial charge in [0.2, 0.25) is 0 Å². The average molecular weight is 254 g/mol. The monoisotopic (exact) mass is 254 g/mol. The fourth-order valence-corrected chi connectivity index (χ4v) is 2.76. The average Bonchev–Trinajstić information content (AvgIpc) is 2.88. The molecule has 2 aromatic carbocycles. The van der Waals surface area contributed by atoms with Crippen LogP contribution in [0.3, 0.4) is 0 Å². The zero-order chi connectivity index (χ0) is 13.2. The van der Waals surface area contributed by atoms with Crippen LogP contribution in [0.15, 0.2) is 36.4 Å². The maximum atomic E-state index is 10.6. The number of fused-ring (bicyclic) bond motifs is 1. The summed E-state index contributed by atoms with van der Waals surface area (Å²) in [6, 6.07) is 12.1. The molecule has 0 saturated carbocycles. The molecule has 0 saturated heterocycles. The van der Waals surface area contributed by atoms with Crippen molar-refractivity contribution in [2.45, 2.75) is 26.2 Å². The zero-order valence-corrected chi connectivity index (χ0v) is 11.1. The van der Waals surface area contributed by atoms with Crippen LogP contribution in [0.1, 0.15) is 24.5 Å². The van der Waals surface area contributed by atoms with Crippen LogP contribution in [0, 0.1) is 0 Å². The van der Waals surface area contributed by atoms with E-state index in [9.17, 15) is 5.11 Å². The SMILES string of the molecule is CCCc1cc2c(c(-c3ccccc3)c1O)CCO2. The minimum Gasteiger partial charge on any atom is -0.507 e. The van der Waals surface area contributed by atoms with Crippen molar-refractivity contribution < 1.29 is 9.84 Å². The van der Waals surface area contributed by atoms with E-state index in [-0.39, 0.29) is 0 Å². The van der Waals surface area contributed by atoms with Crippen molar-refractivity contribution >= 4 is 0 Å². The third-order valence-electron chi connectivity index (χ3n) is 3.64. The molecule has 0 amide bonds. The smallest absolute Gasteiger partial charge is 0.127 e. The Hall–Kier alpha value is -1.96. The normalized spacial score (nSPS) is 13.1. The molecule has 1 aliphatic rings. The second-order valence-corrected chi connectivity index (χ2v) is 4.95. The predicted octanol–water partition coefficient (Wildman–Crippen LogP) is 3.95. The number of benzene rings is 2. The summed E-state index contributed by atoms with van der Waals surface area (Å²) in [5, 5.41) is 10.6. The summed E-state index contributed by atoms with van der Waals surface area (Å²) in [6.07, 6.45) is 2.77. The van der Waals surface area contributed by atoms with Crippen molar-refractivity contribution in [3.05, 3.63) is 47.5 Å². The van der Waals surface area contributed by atoms with E-state index in [1.165, 1.54) is 0 Å². The molecule has 19 heavy (non-hydrogen) atoms. The molecule has 1 N–H and O–H groups in total. The summed E-state index contributed by atoms with van der Waals surface area (Å²) in [5.41, 5.74) is 4.16. The summed E-state index contributed by atoms with van der Waals surface area (Å²) < 4.78 is 5.69. The Morgan fingerprint density at radius 1 is 1.21 bits per heavy atom. The largest absolute Gasteiger partial charge is 0.507 e. The highest BCUT2D eigenvalue weighted by molar-refractivity contribution is 5.78. The summed E-state index contributed by atoms with van der Waals surface area (Å²) in [4.78, 5) is 0. The molecule has 2 aromatic rings. The molecule has 98 valence electrons. The Bertz CT molecular complexity index is 588. The van der Waals surface area contributed by atoms with Crippen molar-refractivity contribution in [2.24, 2.45) is 0 Å². The number of hydrogen-bond acceptors (Lipinski definition) is 2. The molecule has 3 rings (SSSR count). The Labute approximate surface area is 113 Å². The molecular formula is C17H18O2. The molecule has 2 nitrogen and oxygen atoms in total. The lowest BCUT2D eigenvalue weighted by atomic mass is 9.93. The van der Waals surface area contributed by atoms with E-state index in [4.69, 9.17) is 4.74 Å². The fraction of sp³-hybridized carbons (Fsp3) is 0.294. The van der Waals surface area contributed by atoms with E-state index < -0.39 is 0 Å². The number of hydrogen-bond donors (Lipinski definition) is 1. The maximum Gasteiger partial charge on any atom is 0.127 e. The van der Waals surface area contributed by atoms with Crippen LogP contribution in [0.2, 0.25) is 0 Å². The van der Waals surface area contributed by atoms with Gasteiger partial charge in [0.1, 0.15) is 11.5 Å². The third-order valence-corrected chi connectivity index (χ3v) is 3.64. The Kier molecular flexibility index (Phi) is 3.16. The van der Waals surface area contributed by atoms with Gasteiger partial charge in [0.25, 0.3) is 0 Å². The number of phenolic OH excluding ortho intramolecular Hbond substituents is 1. The number of phenols is 1. The van der Waals surface area contributed by atoms with Gasteiger partial charge in [-0.2, -0.15) is 0 Å². The van der Waals surface area contributed by atoms with Gasteiger partial charge in [-0.3, -0.25) is 0 Å². The van der Waals surface area contributed by atoms with Gasteiger partial charge in [-0.05, 0) is 23.6 Å². The van der Waals surface area contributed by atoms with Gasteiger partial charge >= 0.3 is 0 Å². The minimum absolute atomic E-state index is 0.428. The first-order valence-corrected chi connectivity index (χ1v) is 6.87. The van der Waals surface area contributed by atoms with Crippen LogP contribution in [0.4, 0.5) is 0 Å². The molecule has 1 heterocycles. The lowest BCUT2D eigenvalue weighted by molar-refractivity contribution is 0.356. The van der Waals surface area contributed by atoms with E-state index in [2.05, 4.69) is 6.92 Å². The zero-order valence-electron chi connectivity index (χ0n) is 11.1. The molecule has 0 spiro atoms. The fourth-order valence-electron chi connectivity index (χ4n) is 2.76. The molecular weight excluding hydrogens is 236 g/mol. The third kappa shape index (κ3) is 2.07. The highest BCUT2D eigenvalue weighted by Gasteiger charge is 2.23. The molecule has 0 unspecified atom stereocenters. The van der Waals surface area contributed by atoms with Gasteiger partial charge in [-0.1, -0.05) is 43.7 Å². The molecule has 0 radical (unpaired) electrons. The highest BCUT2D eigenvalue weighted by atomic mass is 16.5. The van der Waals surface area contributed by atoms with Crippen LogP contribution in [0.5, 0.6) is 11.5 Å². The van der Waals surface area contributed by atoms with E-state index in [1.807, 2.05) is 36.4 Å². The van der Waals surface area contributed by atoms with Crippen LogP contribution in [-0.4, -0.2) is 11.7 Å². The second kappa shape index (κ2) is 4.96. The lowest BCUT2D eigenvalue weighted by Crippen LogP contribution is -1.93. The first kappa shape index (κ1) is 12.1. The van der Waals surface area contributed by atoms with Gasteiger partial charge < -0.3 is 9.84 Å². The summed E-state index contributed by atoms with van der Waals surface area (Å²) in [5.74, 6) is 1.37. The van der Waals surface area contributed by atoms with Gasteiger partial charge in [0, 0.05) is 17.5 Å². The molecule has 0 fully saturated rings. The van der Waals surface area contributed by atoms with Gasteiger partial charge in [-0.25, -0.2) is 0 Å². The van der Waals surface area contributed by atoms with E-state index in [0.717, 1.165) is 47.3 Å². The van der Waals surface area contributed by atoms with Crippen molar-refractivity contribution in [3.63, 3.8) is 0 Å². The molecule has 1 aliphatic heterocycles. The Morgan fingerprint density at radius 2 is 2.00 bits per heavy atom.